The van der Waals surface area contributed by atoms with E-state index in [0.29, 0.717) is 22.3 Å². The Balaban J connectivity index is 1.70. The highest BCUT2D eigenvalue weighted by Crippen LogP contribution is 2.42. The maximum atomic E-state index is 12.6. The first kappa shape index (κ1) is 16.3. The lowest BCUT2D eigenvalue weighted by molar-refractivity contribution is -0.112. The fourth-order valence-corrected chi connectivity index (χ4v) is 3.81. The molecule has 0 saturated carbocycles. The van der Waals surface area contributed by atoms with E-state index in [0.717, 1.165) is 16.0 Å². The Kier molecular flexibility index (Phi) is 3.96. The molecule has 2 aliphatic heterocycles. The Hall–Kier alpha value is -3.13. The molecule has 0 atom stereocenters. The van der Waals surface area contributed by atoms with Gasteiger partial charge >= 0.3 is 0 Å². The molecule has 2 aromatic heterocycles. The highest BCUT2D eigenvalue weighted by molar-refractivity contribution is 8.12. The number of carbonyl (C=O) groups is 1. The number of methoxy groups -OCH3 is 1. The summed E-state index contributed by atoms with van der Waals surface area (Å²) in [5.41, 5.74) is 3.15. The van der Waals surface area contributed by atoms with E-state index in [-0.39, 0.29) is 17.2 Å². The van der Waals surface area contributed by atoms with Crippen LogP contribution in [0.15, 0.2) is 47.4 Å². The summed E-state index contributed by atoms with van der Waals surface area (Å²) in [6, 6.07) is 5.53. The van der Waals surface area contributed by atoms with Crippen LogP contribution in [0.3, 0.4) is 0 Å². The van der Waals surface area contributed by atoms with Crippen molar-refractivity contribution >= 4 is 34.0 Å². The van der Waals surface area contributed by atoms with Gasteiger partial charge in [-0.2, -0.15) is 0 Å². The van der Waals surface area contributed by atoms with Crippen molar-refractivity contribution in [2.24, 2.45) is 0 Å². The summed E-state index contributed by atoms with van der Waals surface area (Å²) in [5.74, 6) is 0.183. The number of rotatable bonds is 2. The van der Waals surface area contributed by atoms with Crippen LogP contribution in [0.2, 0.25) is 0 Å². The van der Waals surface area contributed by atoms with E-state index in [4.69, 9.17) is 10.1 Å². The minimum Gasteiger partial charge on any atom is -0.481 e. The molecule has 8 heteroatoms. The van der Waals surface area contributed by atoms with E-state index >= 15 is 0 Å². The molecule has 26 heavy (non-hydrogen) atoms. The molecule has 7 nitrogen and oxygen atoms in total. The quantitative estimate of drug-likeness (QED) is 0.708. The number of fused-ring (bicyclic) bond motifs is 1. The highest BCUT2D eigenvalue weighted by Gasteiger charge is 2.32. The van der Waals surface area contributed by atoms with Crippen molar-refractivity contribution in [2.45, 2.75) is 6.92 Å². The van der Waals surface area contributed by atoms with Crippen LogP contribution < -0.4 is 15.4 Å². The molecular formula is C18H15N5O2S. The van der Waals surface area contributed by atoms with E-state index in [1.54, 1.807) is 25.7 Å². The molecule has 1 amide bonds. The minimum atomic E-state index is -0.322. The summed E-state index contributed by atoms with van der Waals surface area (Å²) < 4.78 is 5.30. The number of amides is 1. The second kappa shape index (κ2) is 6.30. The van der Waals surface area contributed by atoms with Gasteiger partial charge in [0.05, 0.1) is 34.7 Å². The lowest BCUT2D eigenvalue weighted by Crippen LogP contribution is -2.30. The SMILES string of the molecule is COc1ncccc1C1=CN/C(=C2\C(=N)c3ncc(C)cc3NC2=O)S1. The Morgan fingerprint density at radius 2 is 2.15 bits per heavy atom. The fraction of sp³-hybridized carbons (Fsp3) is 0.111. The second-order valence-corrected chi connectivity index (χ2v) is 6.81. The van der Waals surface area contributed by atoms with Crippen molar-refractivity contribution in [3.63, 3.8) is 0 Å². The van der Waals surface area contributed by atoms with Crippen LogP contribution in [0.25, 0.3) is 4.91 Å². The largest absolute Gasteiger partial charge is 0.481 e. The average Bonchev–Trinajstić information content (AvgIpc) is 3.10. The minimum absolute atomic E-state index is 0.103. The summed E-state index contributed by atoms with van der Waals surface area (Å²) in [4.78, 5) is 21.9. The van der Waals surface area contributed by atoms with Gasteiger partial charge in [-0.3, -0.25) is 15.2 Å². The van der Waals surface area contributed by atoms with Crippen LogP contribution in [0, 0.1) is 12.3 Å². The first-order valence-electron chi connectivity index (χ1n) is 7.84. The van der Waals surface area contributed by atoms with Gasteiger partial charge in [-0.05, 0) is 30.7 Å². The number of hydrogen-bond acceptors (Lipinski definition) is 7. The summed E-state index contributed by atoms with van der Waals surface area (Å²) in [5, 5.41) is 15.0. The van der Waals surface area contributed by atoms with E-state index in [2.05, 4.69) is 20.6 Å². The second-order valence-electron chi connectivity index (χ2n) is 5.76. The van der Waals surface area contributed by atoms with Crippen molar-refractivity contribution in [3.05, 3.63) is 64.2 Å². The molecule has 0 bridgehead atoms. The Labute approximate surface area is 154 Å². The van der Waals surface area contributed by atoms with Crippen LogP contribution in [0.4, 0.5) is 5.69 Å². The van der Waals surface area contributed by atoms with Gasteiger partial charge in [0, 0.05) is 23.5 Å². The van der Waals surface area contributed by atoms with Gasteiger partial charge in [-0.1, -0.05) is 11.8 Å². The number of nitrogens with zero attached hydrogens (tertiary/aromatic N) is 2. The van der Waals surface area contributed by atoms with Gasteiger partial charge in [0.1, 0.15) is 5.69 Å². The third-order valence-corrected chi connectivity index (χ3v) is 5.07. The van der Waals surface area contributed by atoms with Crippen LogP contribution >= 0.6 is 11.8 Å². The highest BCUT2D eigenvalue weighted by atomic mass is 32.2. The zero-order valence-corrected chi connectivity index (χ0v) is 14.9. The van der Waals surface area contributed by atoms with Crippen LogP contribution in [-0.4, -0.2) is 28.7 Å². The average molecular weight is 365 g/mol. The van der Waals surface area contributed by atoms with Crippen LogP contribution in [-0.2, 0) is 4.79 Å². The standard InChI is InChI=1S/C18H15N5O2S/c1-9-6-11-15(21-7-9)14(19)13(16(24)23-11)18-22-8-12(26-18)10-4-3-5-20-17(10)25-2/h3-8,19,22H,1-2H3,(H,23,24)/b18-13-,19-14?. The summed E-state index contributed by atoms with van der Waals surface area (Å²) in [6.07, 6.45) is 5.13. The molecule has 130 valence electrons. The van der Waals surface area contributed by atoms with Gasteiger partial charge in [0.2, 0.25) is 5.88 Å². The lowest BCUT2D eigenvalue weighted by atomic mass is 10.0. The molecule has 0 spiro atoms. The third kappa shape index (κ3) is 2.64. The van der Waals surface area contributed by atoms with Gasteiger partial charge in [0.25, 0.3) is 5.91 Å². The summed E-state index contributed by atoms with van der Waals surface area (Å²) >= 11 is 1.37. The zero-order chi connectivity index (χ0) is 18.3. The molecule has 0 fully saturated rings. The molecule has 2 aliphatic rings. The zero-order valence-electron chi connectivity index (χ0n) is 14.1. The maximum absolute atomic E-state index is 12.6. The van der Waals surface area contributed by atoms with Gasteiger partial charge in [0.15, 0.2) is 0 Å². The first-order valence-corrected chi connectivity index (χ1v) is 8.65. The number of nitrogens with one attached hydrogen (secondary N) is 3. The number of carbonyl (C=O) groups excluding carboxylic acids is 1. The molecule has 2 aromatic rings. The number of hydrogen-bond donors (Lipinski definition) is 3. The normalized spacial score (nSPS) is 18.8. The van der Waals surface area contributed by atoms with Gasteiger partial charge < -0.3 is 15.4 Å². The monoisotopic (exact) mass is 365 g/mol. The first-order chi connectivity index (χ1) is 12.6. The molecule has 3 N–H and O–H groups in total. The molecule has 0 saturated heterocycles. The molecule has 0 aromatic carbocycles. The Bertz CT molecular complexity index is 1010. The lowest BCUT2D eigenvalue weighted by Gasteiger charge is -2.21. The van der Waals surface area contributed by atoms with Crippen LogP contribution in [0.1, 0.15) is 16.8 Å². The molecule has 0 radical (unpaired) electrons. The Morgan fingerprint density at radius 1 is 1.31 bits per heavy atom. The van der Waals surface area contributed by atoms with Crippen molar-refractivity contribution in [1.82, 2.24) is 15.3 Å². The summed E-state index contributed by atoms with van der Waals surface area (Å²) in [6.45, 7) is 1.89. The molecular weight excluding hydrogens is 350 g/mol. The van der Waals surface area contributed by atoms with E-state index in [9.17, 15) is 4.79 Å². The fourth-order valence-electron chi connectivity index (χ4n) is 2.79. The van der Waals surface area contributed by atoms with E-state index < -0.39 is 0 Å². The molecule has 0 aliphatic carbocycles. The number of thioether (sulfide) groups is 1. The van der Waals surface area contributed by atoms with Crippen molar-refractivity contribution in [2.75, 3.05) is 12.4 Å². The van der Waals surface area contributed by atoms with Gasteiger partial charge in [-0.25, -0.2) is 4.98 Å². The molecule has 0 unspecified atom stereocenters. The van der Waals surface area contributed by atoms with E-state index in [1.165, 1.54) is 11.8 Å². The molecule has 4 rings (SSSR count). The predicted molar refractivity (Wildman–Crippen MR) is 101 cm³/mol. The van der Waals surface area contributed by atoms with Gasteiger partial charge in [-0.15, -0.1) is 0 Å². The topological polar surface area (TPSA) is 100.0 Å². The number of pyridine rings is 2. The number of aromatic nitrogens is 2. The number of anilines is 1. The maximum Gasteiger partial charge on any atom is 0.260 e. The third-order valence-electron chi connectivity index (χ3n) is 3.99. The van der Waals surface area contributed by atoms with E-state index in [1.807, 2.05) is 25.1 Å². The number of aryl methyl sites for hydroxylation is 1. The number of ether oxygens (including phenoxy) is 1. The summed E-state index contributed by atoms with van der Waals surface area (Å²) in [7, 11) is 1.56. The van der Waals surface area contributed by atoms with Crippen molar-refractivity contribution in [3.8, 4) is 5.88 Å². The Morgan fingerprint density at radius 3 is 2.96 bits per heavy atom. The van der Waals surface area contributed by atoms with Crippen LogP contribution in [0.5, 0.6) is 5.88 Å². The smallest absolute Gasteiger partial charge is 0.260 e. The predicted octanol–water partition coefficient (Wildman–Crippen LogP) is 2.66. The van der Waals surface area contributed by atoms with Crippen molar-refractivity contribution < 1.29 is 9.53 Å². The van der Waals surface area contributed by atoms with Crippen molar-refractivity contribution in [1.29, 1.82) is 5.41 Å². The molecule has 4 heterocycles.